The van der Waals surface area contributed by atoms with Crippen molar-refractivity contribution >= 4 is 21.6 Å². The topological polar surface area (TPSA) is 75.7 Å². The molecule has 0 spiro atoms. The van der Waals surface area contributed by atoms with Crippen LogP contribution in [0.3, 0.4) is 0 Å². The lowest BCUT2D eigenvalue weighted by molar-refractivity contribution is -0.122. The summed E-state index contributed by atoms with van der Waals surface area (Å²) in [5.41, 5.74) is 0.395. The number of carbonyl (C=O) groups excluding carboxylic acids is 1. The summed E-state index contributed by atoms with van der Waals surface area (Å²) in [6, 6.07) is 15.1. The van der Waals surface area contributed by atoms with Crippen LogP contribution < -0.4 is 10.1 Å². The minimum Gasteiger partial charge on any atom is -0.481 e. The van der Waals surface area contributed by atoms with Crippen LogP contribution in [0.4, 0.5) is 5.69 Å². The third kappa shape index (κ3) is 4.33. The third-order valence-corrected chi connectivity index (χ3v) is 5.12. The molecular weight excluding hydrogens is 328 g/mol. The molecule has 1 atom stereocenters. The summed E-state index contributed by atoms with van der Waals surface area (Å²) in [5.74, 6) is 0.224. The molecule has 6 nitrogen and oxygen atoms in total. The summed E-state index contributed by atoms with van der Waals surface area (Å²) in [5, 5.41) is 2.67. The van der Waals surface area contributed by atoms with Crippen molar-refractivity contribution in [3.8, 4) is 5.75 Å². The molecule has 128 valence electrons. The van der Waals surface area contributed by atoms with Crippen LogP contribution >= 0.6 is 0 Å². The van der Waals surface area contributed by atoms with Crippen LogP contribution in [-0.2, 0) is 14.8 Å². The molecule has 1 N–H and O–H groups in total. The van der Waals surface area contributed by atoms with Gasteiger partial charge >= 0.3 is 0 Å². The zero-order chi connectivity index (χ0) is 17.7. The zero-order valence-corrected chi connectivity index (χ0v) is 14.6. The van der Waals surface area contributed by atoms with E-state index in [0.717, 1.165) is 4.31 Å². The molecule has 1 amide bonds. The van der Waals surface area contributed by atoms with Crippen molar-refractivity contribution in [1.29, 1.82) is 0 Å². The number of benzene rings is 2. The van der Waals surface area contributed by atoms with E-state index < -0.39 is 16.1 Å². The molecule has 24 heavy (non-hydrogen) atoms. The fourth-order valence-corrected chi connectivity index (χ4v) is 2.89. The summed E-state index contributed by atoms with van der Waals surface area (Å²) in [6.07, 6.45) is -0.721. The van der Waals surface area contributed by atoms with Crippen molar-refractivity contribution in [1.82, 2.24) is 4.31 Å². The predicted octanol–water partition coefficient (Wildman–Crippen LogP) is 2.34. The van der Waals surface area contributed by atoms with Gasteiger partial charge in [-0.1, -0.05) is 24.3 Å². The smallest absolute Gasteiger partial charge is 0.265 e. The van der Waals surface area contributed by atoms with Crippen LogP contribution in [0.2, 0.25) is 0 Å². The number of hydrogen-bond acceptors (Lipinski definition) is 4. The second kappa shape index (κ2) is 7.46. The van der Waals surface area contributed by atoms with Crippen LogP contribution in [0.5, 0.6) is 5.75 Å². The molecule has 0 bridgehead atoms. The number of rotatable bonds is 6. The second-order valence-electron chi connectivity index (χ2n) is 5.38. The summed E-state index contributed by atoms with van der Waals surface area (Å²) >= 11 is 0. The SMILES string of the molecule is CC(Oc1ccccc1)C(=O)Nc1cccc(S(=O)(=O)N(C)C)c1. The molecule has 2 rings (SSSR count). The first-order valence-corrected chi connectivity index (χ1v) is 8.80. The van der Waals surface area contributed by atoms with Crippen molar-refractivity contribution in [2.24, 2.45) is 0 Å². The van der Waals surface area contributed by atoms with E-state index in [1.807, 2.05) is 18.2 Å². The van der Waals surface area contributed by atoms with Gasteiger partial charge in [0.05, 0.1) is 4.90 Å². The number of hydrogen-bond donors (Lipinski definition) is 1. The third-order valence-electron chi connectivity index (χ3n) is 3.31. The van der Waals surface area contributed by atoms with E-state index in [-0.39, 0.29) is 10.8 Å². The second-order valence-corrected chi connectivity index (χ2v) is 7.53. The molecule has 0 aliphatic heterocycles. The number of nitrogens with one attached hydrogen (secondary N) is 1. The Labute approximate surface area is 142 Å². The van der Waals surface area contributed by atoms with Crippen molar-refractivity contribution < 1.29 is 17.9 Å². The first kappa shape index (κ1) is 18.0. The Balaban J connectivity index is 2.09. The Morgan fingerprint density at radius 3 is 2.38 bits per heavy atom. The lowest BCUT2D eigenvalue weighted by Crippen LogP contribution is -2.30. The molecule has 7 heteroatoms. The van der Waals surface area contributed by atoms with E-state index in [1.165, 1.54) is 26.2 Å². The van der Waals surface area contributed by atoms with Crippen LogP contribution in [0.15, 0.2) is 59.5 Å². The molecule has 1 unspecified atom stereocenters. The number of anilines is 1. The Morgan fingerprint density at radius 2 is 1.75 bits per heavy atom. The highest BCUT2D eigenvalue weighted by Crippen LogP contribution is 2.18. The van der Waals surface area contributed by atoms with Gasteiger partial charge in [-0.3, -0.25) is 4.79 Å². The zero-order valence-electron chi connectivity index (χ0n) is 13.8. The number of amides is 1. The first-order valence-electron chi connectivity index (χ1n) is 7.36. The molecule has 0 saturated heterocycles. The molecule has 0 aliphatic rings. The van der Waals surface area contributed by atoms with Crippen LogP contribution in [-0.4, -0.2) is 38.8 Å². The lowest BCUT2D eigenvalue weighted by Gasteiger charge is -2.16. The standard InChI is InChI=1S/C17H20N2O4S/c1-13(23-15-9-5-4-6-10-15)17(20)18-14-8-7-11-16(12-14)24(21,22)19(2)3/h4-13H,1-3H3,(H,18,20). The van der Waals surface area contributed by atoms with Gasteiger partial charge < -0.3 is 10.1 Å². The first-order chi connectivity index (χ1) is 11.3. The summed E-state index contributed by atoms with van der Waals surface area (Å²) in [6.45, 7) is 1.63. The van der Waals surface area contributed by atoms with Crippen LogP contribution in [0.25, 0.3) is 0 Å². The van der Waals surface area contributed by atoms with E-state index in [0.29, 0.717) is 11.4 Å². The quantitative estimate of drug-likeness (QED) is 0.869. The summed E-state index contributed by atoms with van der Waals surface area (Å²) in [7, 11) is -0.644. The predicted molar refractivity (Wildman–Crippen MR) is 92.5 cm³/mol. The van der Waals surface area contributed by atoms with Gasteiger partial charge in [0, 0.05) is 19.8 Å². The molecule has 0 aromatic heterocycles. The van der Waals surface area contributed by atoms with Gasteiger partial charge in [-0.25, -0.2) is 12.7 Å². The van der Waals surface area contributed by atoms with E-state index in [2.05, 4.69) is 5.32 Å². The van der Waals surface area contributed by atoms with Gasteiger partial charge in [0.25, 0.3) is 5.91 Å². The largest absolute Gasteiger partial charge is 0.481 e. The maximum Gasteiger partial charge on any atom is 0.265 e. The van der Waals surface area contributed by atoms with Gasteiger partial charge in [-0.2, -0.15) is 0 Å². The van der Waals surface area contributed by atoms with Gasteiger partial charge in [-0.05, 0) is 37.3 Å². The summed E-state index contributed by atoms with van der Waals surface area (Å²) < 4.78 is 30.9. The minimum atomic E-state index is -3.55. The highest BCUT2D eigenvalue weighted by atomic mass is 32.2. The monoisotopic (exact) mass is 348 g/mol. The fourth-order valence-electron chi connectivity index (χ4n) is 1.95. The van der Waals surface area contributed by atoms with E-state index in [4.69, 9.17) is 4.74 Å². The molecule has 0 aliphatic carbocycles. The molecule has 2 aromatic rings. The Kier molecular flexibility index (Phi) is 5.58. The molecule has 2 aromatic carbocycles. The number of sulfonamides is 1. The highest BCUT2D eigenvalue weighted by Gasteiger charge is 2.19. The van der Waals surface area contributed by atoms with Gasteiger partial charge in [-0.15, -0.1) is 0 Å². The molecule has 0 saturated carbocycles. The van der Waals surface area contributed by atoms with Crippen molar-refractivity contribution in [2.75, 3.05) is 19.4 Å². The normalized spacial score (nSPS) is 12.7. The average molecular weight is 348 g/mol. The van der Waals surface area contributed by atoms with Crippen LogP contribution in [0.1, 0.15) is 6.92 Å². The fraction of sp³-hybridized carbons (Fsp3) is 0.235. The molecule has 0 heterocycles. The highest BCUT2D eigenvalue weighted by molar-refractivity contribution is 7.89. The lowest BCUT2D eigenvalue weighted by atomic mass is 10.3. The van der Waals surface area contributed by atoms with E-state index in [9.17, 15) is 13.2 Å². The average Bonchev–Trinajstić information content (AvgIpc) is 2.55. The molecule has 0 fully saturated rings. The Bertz CT molecular complexity index is 804. The maximum absolute atomic E-state index is 12.2. The van der Waals surface area contributed by atoms with Crippen molar-refractivity contribution in [3.63, 3.8) is 0 Å². The number of para-hydroxylation sites is 1. The number of nitrogens with zero attached hydrogens (tertiary/aromatic N) is 1. The number of ether oxygens (including phenoxy) is 1. The maximum atomic E-state index is 12.2. The minimum absolute atomic E-state index is 0.113. The van der Waals surface area contributed by atoms with Crippen LogP contribution in [0, 0.1) is 0 Å². The van der Waals surface area contributed by atoms with E-state index in [1.54, 1.807) is 31.2 Å². The molecular formula is C17H20N2O4S. The van der Waals surface area contributed by atoms with Crippen molar-refractivity contribution in [3.05, 3.63) is 54.6 Å². The Morgan fingerprint density at radius 1 is 1.08 bits per heavy atom. The van der Waals surface area contributed by atoms with E-state index >= 15 is 0 Å². The Hall–Kier alpha value is -2.38. The van der Waals surface area contributed by atoms with Gasteiger partial charge in [0.2, 0.25) is 10.0 Å². The van der Waals surface area contributed by atoms with Gasteiger partial charge in [0.1, 0.15) is 5.75 Å². The molecule has 0 radical (unpaired) electrons. The summed E-state index contributed by atoms with van der Waals surface area (Å²) in [4.78, 5) is 12.3. The number of carbonyl (C=O) groups is 1. The van der Waals surface area contributed by atoms with Crippen molar-refractivity contribution in [2.45, 2.75) is 17.9 Å². The van der Waals surface area contributed by atoms with Gasteiger partial charge in [0.15, 0.2) is 6.10 Å².